The second kappa shape index (κ2) is 7.87. The minimum atomic E-state index is -0.249. The molecule has 26 heavy (non-hydrogen) atoms. The van der Waals surface area contributed by atoms with Gasteiger partial charge in [0, 0.05) is 18.0 Å². The number of carbonyl (C=O) groups excluding carboxylic acids is 1. The Balaban J connectivity index is 1.61. The average molecular weight is 356 g/mol. The van der Waals surface area contributed by atoms with Crippen LogP contribution in [0.25, 0.3) is 0 Å². The fourth-order valence-electron chi connectivity index (χ4n) is 3.40. The van der Waals surface area contributed by atoms with Gasteiger partial charge in [-0.15, -0.1) is 0 Å². The van der Waals surface area contributed by atoms with Crippen molar-refractivity contribution >= 4 is 5.91 Å². The number of rotatable bonds is 7. The van der Waals surface area contributed by atoms with Crippen molar-refractivity contribution in [1.82, 2.24) is 10.2 Å². The van der Waals surface area contributed by atoms with Gasteiger partial charge in [-0.25, -0.2) is 4.39 Å². The number of likely N-dealkylation sites (N-methyl/N-ethyl adjacent to an activating group) is 1. The van der Waals surface area contributed by atoms with Crippen molar-refractivity contribution in [2.45, 2.75) is 18.4 Å². The van der Waals surface area contributed by atoms with Crippen LogP contribution in [0.5, 0.6) is 5.75 Å². The van der Waals surface area contributed by atoms with Gasteiger partial charge in [0.15, 0.2) is 0 Å². The van der Waals surface area contributed by atoms with E-state index in [9.17, 15) is 9.18 Å². The first-order valence-electron chi connectivity index (χ1n) is 8.83. The van der Waals surface area contributed by atoms with Gasteiger partial charge in [-0.2, -0.15) is 0 Å². The summed E-state index contributed by atoms with van der Waals surface area (Å²) in [6, 6.07) is 14.3. The van der Waals surface area contributed by atoms with Crippen LogP contribution in [0, 0.1) is 11.7 Å². The number of carbonyl (C=O) groups is 1. The summed E-state index contributed by atoms with van der Waals surface area (Å²) in [5.74, 6) is 0.791. The van der Waals surface area contributed by atoms with Gasteiger partial charge in [-0.3, -0.25) is 4.79 Å². The summed E-state index contributed by atoms with van der Waals surface area (Å²) in [7, 11) is 5.63. The summed E-state index contributed by atoms with van der Waals surface area (Å²) < 4.78 is 18.5. The lowest BCUT2D eigenvalue weighted by Gasteiger charge is -2.26. The third-order valence-electron chi connectivity index (χ3n) is 5.02. The number of nitrogens with zero attached hydrogens (tertiary/aromatic N) is 1. The Morgan fingerprint density at radius 2 is 1.92 bits per heavy atom. The summed E-state index contributed by atoms with van der Waals surface area (Å²) in [5.41, 5.74) is 2.08. The Bertz CT molecular complexity index is 761. The largest absolute Gasteiger partial charge is 0.496 e. The zero-order valence-corrected chi connectivity index (χ0v) is 15.4. The van der Waals surface area contributed by atoms with Crippen LogP contribution in [-0.4, -0.2) is 38.6 Å². The predicted octanol–water partition coefficient (Wildman–Crippen LogP) is 3.36. The van der Waals surface area contributed by atoms with E-state index >= 15 is 0 Å². The number of nitrogens with one attached hydrogen (secondary N) is 1. The lowest BCUT2D eigenvalue weighted by atomic mass is 10.0. The molecule has 1 amide bonds. The Morgan fingerprint density at radius 1 is 1.23 bits per heavy atom. The average Bonchev–Trinajstić information content (AvgIpc) is 3.43. The maximum Gasteiger partial charge on any atom is 0.223 e. The molecule has 0 saturated heterocycles. The number of halogens is 1. The molecule has 0 aromatic heterocycles. The lowest BCUT2D eigenvalue weighted by molar-refractivity contribution is -0.122. The zero-order chi connectivity index (χ0) is 18.7. The van der Waals surface area contributed by atoms with Gasteiger partial charge >= 0.3 is 0 Å². The van der Waals surface area contributed by atoms with E-state index in [4.69, 9.17) is 4.74 Å². The molecular formula is C21H25FN2O2. The molecule has 5 heteroatoms. The van der Waals surface area contributed by atoms with Crippen molar-refractivity contribution < 1.29 is 13.9 Å². The van der Waals surface area contributed by atoms with Crippen LogP contribution in [0.1, 0.15) is 29.5 Å². The number of benzene rings is 2. The fourth-order valence-corrected chi connectivity index (χ4v) is 3.40. The van der Waals surface area contributed by atoms with E-state index in [1.807, 2.05) is 38.4 Å². The summed E-state index contributed by atoms with van der Waals surface area (Å²) in [5, 5.41) is 3.08. The molecule has 1 N–H and O–H groups in total. The molecule has 0 radical (unpaired) electrons. The summed E-state index contributed by atoms with van der Waals surface area (Å²) >= 11 is 0. The highest BCUT2D eigenvalue weighted by atomic mass is 19.1. The molecule has 4 nitrogen and oxygen atoms in total. The predicted molar refractivity (Wildman–Crippen MR) is 99.7 cm³/mol. The summed E-state index contributed by atoms with van der Waals surface area (Å²) in [6.07, 6.45) is 0.818. The van der Waals surface area contributed by atoms with E-state index in [1.165, 1.54) is 12.1 Å². The molecule has 2 aromatic rings. The van der Waals surface area contributed by atoms with Crippen LogP contribution in [0.4, 0.5) is 4.39 Å². The third-order valence-corrected chi connectivity index (χ3v) is 5.02. The molecule has 0 heterocycles. The van der Waals surface area contributed by atoms with Crippen molar-refractivity contribution in [2.75, 3.05) is 27.7 Å². The maximum atomic E-state index is 13.0. The Labute approximate surface area is 154 Å². The standard InChI is InChI=1S/C21H25FN2O2/c1-24(2)19(16-6-4-5-7-20(16)26-3)13-23-21(25)18-12-17(18)14-8-10-15(22)11-9-14/h4-11,17-19H,12-13H2,1-3H3,(H,23,25). The van der Waals surface area contributed by atoms with Gasteiger partial charge < -0.3 is 15.0 Å². The van der Waals surface area contributed by atoms with E-state index in [-0.39, 0.29) is 29.6 Å². The number of hydrogen-bond donors (Lipinski definition) is 1. The highest BCUT2D eigenvalue weighted by Crippen LogP contribution is 2.47. The van der Waals surface area contributed by atoms with Crippen LogP contribution in [0.15, 0.2) is 48.5 Å². The molecule has 138 valence electrons. The second-order valence-corrected chi connectivity index (χ2v) is 6.97. The highest BCUT2D eigenvalue weighted by Gasteiger charge is 2.43. The quantitative estimate of drug-likeness (QED) is 0.827. The first-order valence-corrected chi connectivity index (χ1v) is 8.83. The first kappa shape index (κ1) is 18.4. The van der Waals surface area contributed by atoms with Gasteiger partial charge in [-0.05, 0) is 50.2 Å². The molecule has 0 aliphatic heterocycles. The molecule has 2 aromatic carbocycles. The van der Waals surface area contributed by atoms with E-state index < -0.39 is 0 Å². The number of amides is 1. The molecule has 3 atom stereocenters. The molecule has 0 spiro atoms. The van der Waals surface area contributed by atoms with Gasteiger partial charge in [-0.1, -0.05) is 30.3 Å². The Morgan fingerprint density at radius 3 is 2.58 bits per heavy atom. The molecule has 3 rings (SSSR count). The number of methoxy groups -OCH3 is 1. The second-order valence-electron chi connectivity index (χ2n) is 6.97. The third kappa shape index (κ3) is 4.05. The van der Waals surface area contributed by atoms with E-state index in [0.29, 0.717) is 6.54 Å². The zero-order valence-electron chi connectivity index (χ0n) is 15.4. The minimum absolute atomic E-state index is 0.0260. The smallest absolute Gasteiger partial charge is 0.223 e. The molecule has 3 unspecified atom stereocenters. The molecule has 0 bridgehead atoms. The van der Waals surface area contributed by atoms with Crippen molar-refractivity contribution in [3.63, 3.8) is 0 Å². The first-order chi connectivity index (χ1) is 12.5. The van der Waals surface area contributed by atoms with Crippen molar-refractivity contribution in [3.05, 3.63) is 65.5 Å². The van der Waals surface area contributed by atoms with E-state index in [1.54, 1.807) is 19.2 Å². The molecular weight excluding hydrogens is 331 g/mol. The van der Waals surface area contributed by atoms with Crippen molar-refractivity contribution in [2.24, 2.45) is 5.92 Å². The highest BCUT2D eigenvalue weighted by molar-refractivity contribution is 5.82. The van der Waals surface area contributed by atoms with Crippen LogP contribution in [0.2, 0.25) is 0 Å². The van der Waals surface area contributed by atoms with Gasteiger partial charge in [0.2, 0.25) is 5.91 Å². The van der Waals surface area contributed by atoms with Crippen LogP contribution >= 0.6 is 0 Å². The molecule has 1 fully saturated rings. The fraction of sp³-hybridized carbons (Fsp3) is 0.381. The lowest BCUT2D eigenvalue weighted by Crippen LogP contribution is -2.35. The number of ether oxygens (including phenoxy) is 1. The topological polar surface area (TPSA) is 41.6 Å². The molecule has 1 saturated carbocycles. The Kier molecular flexibility index (Phi) is 5.57. The monoisotopic (exact) mass is 356 g/mol. The summed E-state index contributed by atoms with van der Waals surface area (Å²) in [4.78, 5) is 14.6. The van der Waals surface area contributed by atoms with E-state index in [2.05, 4.69) is 10.2 Å². The van der Waals surface area contributed by atoms with E-state index in [0.717, 1.165) is 23.3 Å². The minimum Gasteiger partial charge on any atom is -0.496 e. The number of para-hydroxylation sites is 1. The SMILES string of the molecule is COc1ccccc1C(CNC(=O)C1CC1c1ccc(F)cc1)N(C)C. The van der Waals surface area contributed by atoms with Crippen LogP contribution in [0.3, 0.4) is 0 Å². The van der Waals surface area contributed by atoms with Crippen molar-refractivity contribution in [3.8, 4) is 5.75 Å². The van der Waals surface area contributed by atoms with Crippen LogP contribution < -0.4 is 10.1 Å². The van der Waals surface area contributed by atoms with Gasteiger partial charge in [0.1, 0.15) is 11.6 Å². The molecule has 1 aliphatic rings. The molecule has 1 aliphatic carbocycles. The summed E-state index contributed by atoms with van der Waals surface area (Å²) in [6.45, 7) is 0.513. The van der Waals surface area contributed by atoms with Gasteiger partial charge in [0.25, 0.3) is 0 Å². The van der Waals surface area contributed by atoms with Crippen molar-refractivity contribution in [1.29, 1.82) is 0 Å². The van der Waals surface area contributed by atoms with Crippen LogP contribution in [-0.2, 0) is 4.79 Å². The normalized spacial score (nSPS) is 19.9. The maximum absolute atomic E-state index is 13.0. The number of hydrogen-bond acceptors (Lipinski definition) is 3. The van der Waals surface area contributed by atoms with Gasteiger partial charge in [0.05, 0.1) is 13.2 Å². The Hall–Kier alpha value is -2.40.